The summed E-state index contributed by atoms with van der Waals surface area (Å²) >= 11 is 0. The average molecular weight is 284 g/mol. The van der Waals surface area contributed by atoms with Gasteiger partial charge in [-0.15, -0.1) is 0 Å². The minimum atomic E-state index is -0.614. The first-order chi connectivity index (χ1) is 10.2. The van der Waals surface area contributed by atoms with Gasteiger partial charge in [0.1, 0.15) is 12.4 Å². The zero-order valence-electron chi connectivity index (χ0n) is 11.1. The number of pyridine rings is 1. The molecule has 0 saturated heterocycles. The summed E-state index contributed by atoms with van der Waals surface area (Å²) in [7, 11) is 0. The van der Waals surface area contributed by atoms with E-state index in [2.05, 4.69) is 22.1 Å². The fourth-order valence-corrected chi connectivity index (χ4v) is 1.70. The van der Waals surface area contributed by atoms with Crippen LogP contribution in [0, 0.1) is 17.7 Å². The highest BCUT2D eigenvalue weighted by Crippen LogP contribution is 2.10. The van der Waals surface area contributed by atoms with Crippen LogP contribution in [-0.2, 0) is 6.54 Å². The zero-order chi connectivity index (χ0) is 15.1. The highest BCUT2D eigenvalue weighted by molar-refractivity contribution is 5.94. The molecular formula is C16H13FN2O2. The highest BCUT2D eigenvalue weighted by atomic mass is 19.1. The minimum absolute atomic E-state index is 0.0752. The van der Waals surface area contributed by atoms with E-state index in [-0.39, 0.29) is 18.7 Å². The van der Waals surface area contributed by atoms with Crippen LogP contribution in [0.1, 0.15) is 21.5 Å². The number of nitrogens with zero attached hydrogens (tertiary/aromatic N) is 1. The first kappa shape index (κ1) is 14.7. The molecule has 2 N–H and O–H groups in total. The Labute approximate surface area is 121 Å². The van der Waals surface area contributed by atoms with Gasteiger partial charge in [-0.1, -0.05) is 11.8 Å². The van der Waals surface area contributed by atoms with Crippen LogP contribution in [0.25, 0.3) is 0 Å². The number of hydrogen-bond donors (Lipinski definition) is 2. The molecule has 106 valence electrons. The lowest BCUT2D eigenvalue weighted by molar-refractivity contribution is 0.0947. The molecule has 0 unspecified atom stereocenters. The molecule has 0 aliphatic heterocycles. The van der Waals surface area contributed by atoms with E-state index in [4.69, 9.17) is 5.11 Å². The third-order valence-corrected chi connectivity index (χ3v) is 2.73. The molecule has 1 aromatic heterocycles. The third-order valence-electron chi connectivity index (χ3n) is 2.73. The Morgan fingerprint density at radius 1 is 1.29 bits per heavy atom. The Morgan fingerprint density at radius 3 is 2.76 bits per heavy atom. The van der Waals surface area contributed by atoms with Gasteiger partial charge in [-0.3, -0.25) is 9.78 Å². The van der Waals surface area contributed by atoms with Crippen LogP contribution in [0.15, 0.2) is 42.7 Å². The SMILES string of the molecule is O=C(NCc1ccncc1)c1cc(C#CCO)ccc1F. The van der Waals surface area contributed by atoms with Gasteiger partial charge in [0.05, 0.1) is 5.56 Å². The molecule has 0 spiro atoms. The van der Waals surface area contributed by atoms with Crippen molar-refractivity contribution in [3.63, 3.8) is 0 Å². The largest absolute Gasteiger partial charge is 0.384 e. The van der Waals surface area contributed by atoms with Crippen molar-refractivity contribution in [3.8, 4) is 11.8 Å². The molecule has 0 saturated carbocycles. The standard InChI is InChI=1S/C16H13FN2O2/c17-15-4-3-12(2-1-9-20)10-14(15)16(21)19-11-13-5-7-18-8-6-13/h3-8,10,20H,9,11H2,(H,19,21). The van der Waals surface area contributed by atoms with E-state index in [0.717, 1.165) is 5.56 Å². The van der Waals surface area contributed by atoms with Crippen molar-refractivity contribution in [3.05, 3.63) is 65.2 Å². The summed E-state index contributed by atoms with van der Waals surface area (Å²) in [5.41, 5.74) is 1.27. The van der Waals surface area contributed by atoms with Gasteiger partial charge in [-0.25, -0.2) is 4.39 Å². The van der Waals surface area contributed by atoms with Crippen LogP contribution in [-0.4, -0.2) is 22.6 Å². The minimum Gasteiger partial charge on any atom is -0.384 e. The van der Waals surface area contributed by atoms with Crippen LogP contribution in [0.5, 0.6) is 0 Å². The third kappa shape index (κ3) is 4.13. The zero-order valence-corrected chi connectivity index (χ0v) is 11.1. The van der Waals surface area contributed by atoms with E-state index in [1.54, 1.807) is 24.5 Å². The van der Waals surface area contributed by atoms with Gasteiger partial charge in [0.15, 0.2) is 0 Å². The Hall–Kier alpha value is -2.71. The Morgan fingerprint density at radius 2 is 2.05 bits per heavy atom. The highest BCUT2D eigenvalue weighted by Gasteiger charge is 2.11. The number of rotatable bonds is 3. The Kier molecular flexibility index (Phi) is 5.02. The van der Waals surface area contributed by atoms with Crippen molar-refractivity contribution in [1.29, 1.82) is 0 Å². The molecule has 0 aliphatic rings. The molecule has 0 aliphatic carbocycles. The number of hydrogen-bond acceptors (Lipinski definition) is 3. The van der Waals surface area contributed by atoms with Crippen molar-refractivity contribution in [1.82, 2.24) is 10.3 Å². The van der Waals surface area contributed by atoms with E-state index in [9.17, 15) is 9.18 Å². The van der Waals surface area contributed by atoms with Gasteiger partial charge in [-0.05, 0) is 35.9 Å². The van der Waals surface area contributed by atoms with E-state index < -0.39 is 11.7 Å². The topological polar surface area (TPSA) is 62.2 Å². The number of aliphatic hydroxyl groups excluding tert-OH is 1. The maximum atomic E-state index is 13.7. The summed E-state index contributed by atoms with van der Waals surface area (Å²) in [6, 6.07) is 7.53. The number of halogens is 1. The predicted octanol–water partition coefficient (Wildman–Crippen LogP) is 1.49. The van der Waals surface area contributed by atoms with Crippen LogP contribution in [0.4, 0.5) is 4.39 Å². The molecule has 1 aromatic carbocycles. The number of carbonyl (C=O) groups excluding carboxylic acids is 1. The second kappa shape index (κ2) is 7.17. The molecule has 1 heterocycles. The van der Waals surface area contributed by atoms with Gasteiger partial charge >= 0.3 is 0 Å². The molecule has 0 atom stereocenters. The summed E-state index contributed by atoms with van der Waals surface area (Å²) in [5.74, 6) is 3.96. The first-order valence-electron chi connectivity index (χ1n) is 6.27. The summed E-state index contributed by atoms with van der Waals surface area (Å²) < 4.78 is 13.7. The van der Waals surface area contributed by atoms with Gasteiger partial charge in [0, 0.05) is 24.5 Å². The molecular weight excluding hydrogens is 271 g/mol. The fourth-order valence-electron chi connectivity index (χ4n) is 1.70. The van der Waals surface area contributed by atoms with Gasteiger partial charge < -0.3 is 10.4 Å². The number of carbonyl (C=O) groups is 1. The van der Waals surface area contributed by atoms with Gasteiger partial charge in [0.2, 0.25) is 0 Å². The first-order valence-corrected chi connectivity index (χ1v) is 6.27. The summed E-state index contributed by atoms with van der Waals surface area (Å²) in [4.78, 5) is 15.9. The van der Waals surface area contributed by atoms with Crippen LogP contribution < -0.4 is 5.32 Å². The van der Waals surface area contributed by atoms with Crippen molar-refractivity contribution >= 4 is 5.91 Å². The molecule has 2 rings (SSSR count). The lowest BCUT2D eigenvalue weighted by Gasteiger charge is -2.06. The van der Waals surface area contributed by atoms with E-state index in [1.165, 1.54) is 18.2 Å². The van der Waals surface area contributed by atoms with Crippen molar-refractivity contribution in [2.75, 3.05) is 6.61 Å². The summed E-state index contributed by atoms with van der Waals surface area (Å²) in [6.45, 7) is -0.00567. The van der Waals surface area contributed by atoms with E-state index >= 15 is 0 Å². The molecule has 2 aromatic rings. The van der Waals surface area contributed by atoms with Gasteiger partial charge in [-0.2, -0.15) is 0 Å². The van der Waals surface area contributed by atoms with Crippen molar-refractivity contribution in [2.45, 2.75) is 6.54 Å². The number of aliphatic hydroxyl groups is 1. The number of benzene rings is 1. The smallest absolute Gasteiger partial charge is 0.254 e. The normalized spacial score (nSPS) is 9.62. The van der Waals surface area contributed by atoms with Crippen LogP contribution in [0.3, 0.4) is 0 Å². The van der Waals surface area contributed by atoms with Gasteiger partial charge in [0.25, 0.3) is 5.91 Å². The Balaban J connectivity index is 2.11. The maximum Gasteiger partial charge on any atom is 0.254 e. The maximum absolute atomic E-state index is 13.7. The predicted molar refractivity (Wildman–Crippen MR) is 75.8 cm³/mol. The number of amides is 1. The molecule has 0 radical (unpaired) electrons. The molecule has 4 nitrogen and oxygen atoms in total. The summed E-state index contributed by atoms with van der Waals surface area (Å²) in [6.07, 6.45) is 3.24. The monoisotopic (exact) mass is 284 g/mol. The van der Waals surface area contributed by atoms with Crippen LogP contribution >= 0.6 is 0 Å². The second-order valence-electron chi connectivity index (χ2n) is 4.19. The molecule has 5 heteroatoms. The Bertz CT molecular complexity index is 690. The van der Waals surface area contributed by atoms with E-state index in [1.807, 2.05) is 0 Å². The molecule has 1 amide bonds. The van der Waals surface area contributed by atoms with E-state index in [0.29, 0.717) is 5.56 Å². The second-order valence-corrected chi connectivity index (χ2v) is 4.19. The van der Waals surface area contributed by atoms with Crippen molar-refractivity contribution in [2.24, 2.45) is 0 Å². The summed E-state index contributed by atoms with van der Waals surface area (Å²) in [5, 5.41) is 11.3. The average Bonchev–Trinajstić information content (AvgIpc) is 2.53. The number of nitrogens with one attached hydrogen (secondary N) is 1. The lowest BCUT2D eigenvalue weighted by atomic mass is 10.1. The molecule has 0 bridgehead atoms. The molecule has 0 fully saturated rings. The van der Waals surface area contributed by atoms with Crippen molar-refractivity contribution < 1.29 is 14.3 Å². The lowest BCUT2D eigenvalue weighted by Crippen LogP contribution is -2.24. The van der Waals surface area contributed by atoms with Crippen LogP contribution in [0.2, 0.25) is 0 Å². The quantitative estimate of drug-likeness (QED) is 0.840. The number of aromatic nitrogens is 1. The fraction of sp³-hybridized carbons (Fsp3) is 0.125. The molecule has 21 heavy (non-hydrogen) atoms.